The zero-order chi connectivity index (χ0) is 33.6. The fraction of sp³-hybridized carbons (Fsp3) is 0.550. The van der Waals surface area contributed by atoms with Crippen molar-refractivity contribution in [1.29, 1.82) is 0 Å². The highest BCUT2D eigenvalue weighted by atomic mass is 16.5. The van der Waals surface area contributed by atoms with E-state index in [-0.39, 0.29) is 0 Å². The van der Waals surface area contributed by atoms with Gasteiger partial charge in [-0.05, 0) is 104 Å². The summed E-state index contributed by atoms with van der Waals surface area (Å²) in [6, 6.07) is 10.6. The maximum atomic E-state index is 6.46. The number of hydrogen-bond acceptors (Lipinski definition) is 7. The van der Waals surface area contributed by atoms with E-state index in [1.165, 1.54) is 0 Å². The summed E-state index contributed by atoms with van der Waals surface area (Å²) in [6.45, 7) is 18.6. The van der Waals surface area contributed by atoms with Gasteiger partial charge in [0.05, 0.1) is 46.2 Å². The number of ether oxygens (including phenoxy) is 7. The smallest absolute Gasteiger partial charge is 0.204 e. The third-order valence-corrected chi connectivity index (χ3v) is 8.12. The second-order valence-electron chi connectivity index (χ2n) is 11.8. The average molecular weight is 649 g/mol. The number of hydrogen-bond donors (Lipinski definition) is 0. The van der Waals surface area contributed by atoms with E-state index < -0.39 is 0 Å². The Labute approximate surface area is 281 Å². The van der Waals surface area contributed by atoms with Gasteiger partial charge in [0.2, 0.25) is 5.75 Å². The molecule has 0 bridgehead atoms. The molecule has 4 rings (SSSR count). The fourth-order valence-electron chi connectivity index (χ4n) is 5.67. The van der Waals surface area contributed by atoms with Gasteiger partial charge in [-0.25, -0.2) is 0 Å². The van der Waals surface area contributed by atoms with Crippen LogP contribution in [-0.4, -0.2) is 46.2 Å². The summed E-state index contributed by atoms with van der Waals surface area (Å²) in [5.41, 5.74) is 0. The van der Waals surface area contributed by atoms with E-state index in [0.29, 0.717) is 63.5 Å². The standard InChI is InChI=1S/C40H56O7/c1-8-15-19-44-33-23-28-29-24-35(46-21-17-10-3)36(47-22-18-11-4)26-31(29)38-32(30(28)25-34(33)45-20-16-9-2)27-37(41-12-5)39(42-13-6)40(38)43-14-7/h23-27H,8-22H2,1-7H3. The van der Waals surface area contributed by atoms with Gasteiger partial charge in [-0.2, -0.15) is 0 Å². The Balaban J connectivity index is 2.17. The van der Waals surface area contributed by atoms with Crippen LogP contribution in [0.15, 0.2) is 30.3 Å². The van der Waals surface area contributed by atoms with Gasteiger partial charge in [-0.15, -0.1) is 0 Å². The minimum atomic E-state index is 0.470. The van der Waals surface area contributed by atoms with Crippen LogP contribution in [0.4, 0.5) is 0 Å². The third kappa shape index (κ3) is 8.60. The number of rotatable bonds is 22. The average Bonchev–Trinajstić information content (AvgIpc) is 3.07. The van der Waals surface area contributed by atoms with Crippen molar-refractivity contribution in [2.45, 2.75) is 99.8 Å². The molecule has 0 N–H and O–H groups in total. The normalized spacial score (nSPS) is 11.3. The second kappa shape index (κ2) is 18.6. The molecule has 7 nitrogen and oxygen atoms in total. The highest BCUT2D eigenvalue weighted by molar-refractivity contribution is 6.28. The van der Waals surface area contributed by atoms with Gasteiger partial charge in [0.15, 0.2) is 34.5 Å². The Morgan fingerprint density at radius 1 is 0.340 bits per heavy atom. The van der Waals surface area contributed by atoms with Crippen molar-refractivity contribution in [3.8, 4) is 40.2 Å². The van der Waals surface area contributed by atoms with Crippen LogP contribution in [0, 0.1) is 0 Å². The molecule has 0 atom stereocenters. The molecule has 7 heteroatoms. The molecule has 0 unspecified atom stereocenters. The van der Waals surface area contributed by atoms with Gasteiger partial charge in [0.1, 0.15) is 0 Å². The van der Waals surface area contributed by atoms with Crippen LogP contribution in [-0.2, 0) is 0 Å². The quantitative estimate of drug-likeness (QED) is 0.0620. The topological polar surface area (TPSA) is 64.6 Å². The highest BCUT2D eigenvalue weighted by Gasteiger charge is 2.25. The molecule has 0 heterocycles. The molecule has 0 saturated carbocycles. The maximum Gasteiger partial charge on any atom is 0.204 e. The van der Waals surface area contributed by atoms with Gasteiger partial charge in [0, 0.05) is 5.39 Å². The predicted molar refractivity (Wildman–Crippen MR) is 194 cm³/mol. The SMILES string of the molecule is CCCCOc1cc2c3cc(OCCCC)c(OCCCC)cc3c3c(OCC)c(OCC)c(OCC)cc3c2cc1OCCCC. The molecule has 0 aliphatic heterocycles. The van der Waals surface area contributed by atoms with E-state index >= 15 is 0 Å². The molecule has 4 aromatic rings. The molecule has 0 fully saturated rings. The van der Waals surface area contributed by atoms with Crippen molar-refractivity contribution in [1.82, 2.24) is 0 Å². The van der Waals surface area contributed by atoms with Gasteiger partial charge in [-0.1, -0.05) is 53.4 Å². The van der Waals surface area contributed by atoms with Gasteiger partial charge in [0.25, 0.3) is 0 Å². The van der Waals surface area contributed by atoms with Crippen molar-refractivity contribution in [3.63, 3.8) is 0 Å². The first-order chi connectivity index (χ1) is 23.1. The first kappa shape index (κ1) is 36.1. The van der Waals surface area contributed by atoms with Crippen LogP contribution in [0.5, 0.6) is 40.2 Å². The zero-order valence-corrected chi connectivity index (χ0v) is 29.9. The molecule has 0 aliphatic rings. The minimum Gasteiger partial charge on any atom is -0.490 e. The molecule has 0 saturated heterocycles. The number of unbranched alkanes of at least 4 members (excludes halogenated alkanes) is 4. The van der Waals surface area contributed by atoms with Crippen molar-refractivity contribution >= 4 is 32.3 Å². The third-order valence-electron chi connectivity index (χ3n) is 8.12. The van der Waals surface area contributed by atoms with Gasteiger partial charge < -0.3 is 33.2 Å². The first-order valence-electron chi connectivity index (χ1n) is 18.0. The van der Waals surface area contributed by atoms with E-state index in [0.717, 1.165) is 107 Å². The summed E-state index contributed by atoms with van der Waals surface area (Å²) < 4.78 is 44.5. The molecule has 0 aliphatic carbocycles. The van der Waals surface area contributed by atoms with Crippen molar-refractivity contribution < 1.29 is 33.2 Å². The van der Waals surface area contributed by atoms with Crippen LogP contribution < -0.4 is 33.2 Å². The van der Waals surface area contributed by atoms with Crippen LogP contribution in [0.3, 0.4) is 0 Å². The fourth-order valence-corrected chi connectivity index (χ4v) is 5.67. The summed E-state index contributed by atoms with van der Waals surface area (Å²) in [4.78, 5) is 0. The van der Waals surface area contributed by atoms with E-state index in [4.69, 9.17) is 33.2 Å². The monoisotopic (exact) mass is 648 g/mol. The van der Waals surface area contributed by atoms with E-state index in [2.05, 4.69) is 58.0 Å². The first-order valence-corrected chi connectivity index (χ1v) is 18.0. The lowest BCUT2D eigenvalue weighted by Gasteiger charge is -2.22. The second-order valence-corrected chi connectivity index (χ2v) is 11.8. The Hall–Kier alpha value is -3.74. The zero-order valence-electron chi connectivity index (χ0n) is 29.9. The molecule has 0 spiro atoms. The predicted octanol–water partition coefficient (Wildman–Crippen LogP) is 11.1. The van der Waals surface area contributed by atoms with Gasteiger partial charge in [-0.3, -0.25) is 0 Å². The van der Waals surface area contributed by atoms with Crippen molar-refractivity contribution in [2.75, 3.05) is 46.2 Å². The molecule has 4 aromatic carbocycles. The molecule has 258 valence electrons. The van der Waals surface area contributed by atoms with Crippen LogP contribution >= 0.6 is 0 Å². The molecule has 0 amide bonds. The lowest BCUT2D eigenvalue weighted by atomic mass is 9.92. The number of fused-ring (bicyclic) bond motifs is 6. The Morgan fingerprint density at radius 3 is 1.02 bits per heavy atom. The molecule has 0 aromatic heterocycles. The molecular formula is C40H56O7. The Morgan fingerprint density at radius 2 is 0.660 bits per heavy atom. The molecular weight excluding hydrogens is 592 g/mol. The van der Waals surface area contributed by atoms with Crippen molar-refractivity contribution in [2.24, 2.45) is 0 Å². The number of benzene rings is 4. The lowest BCUT2D eigenvalue weighted by molar-refractivity contribution is 0.262. The van der Waals surface area contributed by atoms with E-state index in [1.54, 1.807) is 0 Å². The molecule has 47 heavy (non-hydrogen) atoms. The van der Waals surface area contributed by atoms with E-state index in [9.17, 15) is 0 Å². The van der Waals surface area contributed by atoms with Gasteiger partial charge >= 0.3 is 0 Å². The summed E-state index contributed by atoms with van der Waals surface area (Å²) in [5.74, 6) is 4.90. The van der Waals surface area contributed by atoms with Crippen LogP contribution in [0.25, 0.3) is 32.3 Å². The minimum absolute atomic E-state index is 0.470. The Bertz CT molecular complexity index is 1580. The van der Waals surface area contributed by atoms with E-state index in [1.807, 2.05) is 20.8 Å². The summed E-state index contributed by atoms with van der Waals surface area (Å²) in [7, 11) is 0. The van der Waals surface area contributed by atoms with Crippen LogP contribution in [0.2, 0.25) is 0 Å². The van der Waals surface area contributed by atoms with Crippen LogP contribution in [0.1, 0.15) is 99.8 Å². The highest BCUT2D eigenvalue weighted by Crippen LogP contribution is 2.52. The largest absolute Gasteiger partial charge is 0.490 e. The summed E-state index contributed by atoms with van der Waals surface area (Å²) in [5, 5.41) is 6.01. The molecule has 0 radical (unpaired) electrons. The lowest BCUT2D eigenvalue weighted by Crippen LogP contribution is -2.05. The summed E-state index contributed by atoms with van der Waals surface area (Å²) in [6.07, 6.45) is 8.04. The Kier molecular flexibility index (Phi) is 14.3. The summed E-state index contributed by atoms with van der Waals surface area (Å²) >= 11 is 0. The van der Waals surface area contributed by atoms with Crippen molar-refractivity contribution in [3.05, 3.63) is 30.3 Å². The maximum absolute atomic E-state index is 6.46.